The first-order valence-electron chi connectivity index (χ1n) is 6.85. The number of nitro groups is 1. The molecule has 1 atom stereocenters. The van der Waals surface area contributed by atoms with Crippen molar-refractivity contribution in [3.63, 3.8) is 0 Å². The molecule has 1 unspecified atom stereocenters. The highest BCUT2D eigenvalue weighted by atomic mass is 35.5. The van der Waals surface area contributed by atoms with Crippen molar-refractivity contribution in [2.75, 3.05) is 7.11 Å². The predicted molar refractivity (Wildman–Crippen MR) is 89.8 cm³/mol. The Morgan fingerprint density at radius 2 is 1.83 bits per heavy atom. The lowest BCUT2D eigenvalue weighted by Gasteiger charge is -2.16. The number of hydrogen-bond acceptors (Lipinski definition) is 5. The maximum absolute atomic E-state index is 12.6. The summed E-state index contributed by atoms with van der Waals surface area (Å²) in [4.78, 5) is 9.94. The molecule has 0 amide bonds. The Kier molecular flexibility index (Phi) is 5.43. The van der Waals surface area contributed by atoms with Gasteiger partial charge >= 0.3 is 0 Å². The normalized spacial score (nSPS) is 12.6. The first-order chi connectivity index (χ1) is 11.2. The molecule has 0 aliphatic heterocycles. The van der Waals surface area contributed by atoms with Crippen molar-refractivity contribution in [2.45, 2.75) is 17.9 Å². The minimum Gasteiger partial charge on any atom is -0.495 e. The van der Waals surface area contributed by atoms with Crippen LogP contribution in [0, 0.1) is 10.1 Å². The molecule has 0 saturated carbocycles. The number of halogens is 1. The van der Waals surface area contributed by atoms with Gasteiger partial charge in [0.1, 0.15) is 10.6 Å². The van der Waals surface area contributed by atoms with Crippen LogP contribution in [0.3, 0.4) is 0 Å². The summed E-state index contributed by atoms with van der Waals surface area (Å²) in [5, 5.41) is 11.4. The average molecular weight is 371 g/mol. The van der Waals surface area contributed by atoms with E-state index in [1.807, 2.05) is 0 Å². The van der Waals surface area contributed by atoms with E-state index in [1.165, 1.54) is 19.2 Å². The van der Waals surface area contributed by atoms with Crippen LogP contribution in [0.5, 0.6) is 5.75 Å². The summed E-state index contributed by atoms with van der Waals surface area (Å²) in [6.45, 7) is 1.66. The quantitative estimate of drug-likeness (QED) is 0.621. The summed E-state index contributed by atoms with van der Waals surface area (Å²) in [6, 6.07) is 9.53. The summed E-state index contributed by atoms with van der Waals surface area (Å²) in [7, 11) is -2.73. The lowest BCUT2D eigenvalue weighted by atomic mass is 10.1. The number of non-ortho nitro benzene ring substituents is 1. The molecule has 24 heavy (non-hydrogen) atoms. The summed E-state index contributed by atoms with van der Waals surface area (Å²) < 4.78 is 32.7. The molecular weight excluding hydrogens is 356 g/mol. The van der Waals surface area contributed by atoms with Gasteiger partial charge in [-0.2, -0.15) is 0 Å². The number of nitrogens with one attached hydrogen (secondary N) is 1. The highest BCUT2D eigenvalue weighted by molar-refractivity contribution is 7.89. The van der Waals surface area contributed by atoms with Gasteiger partial charge in [-0.15, -0.1) is 0 Å². The van der Waals surface area contributed by atoms with Crippen LogP contribution < -0.4 is 9.46 Å². The molecule has 0 aliphatic rings. The van der Waals surface area contributed by atoms with Gasteiger partial charge in [-0.05, 0) is 30.7 Å². The van der Waals surface area contributed by atoms with Gasteiger partial charge in [0.15, 0.2) is 0 Å². The molecule has 2 rings (SSSR count). The van der Waals surface area contributed by atoms with E-state index >= 15 is 0 Å². The molecule has 0 spiro atoms. The smallest absolute Gasteiger partial charge is 0.271 e. The highest BCUT2D eigenvalue weighted by Crippen LogP contribution is 2.29. The number of hydrogen-bond donors (Lipinski definition) is 1. The van der Waals surface area contributed by atoms with Crippen LogP contribution in [0.4, 0.5) is 5.69 Å². The number of methoxy groups -OCH3 is 1. The van der Waals surface area contributed by atoms with Crippen LogP contribution in [0.15, 0.2) is 47.4 Å². The van der Waals surface area contributed by atoms with Crippen LogP contribution in [-0.2, 0) is 10.0 Å². The number of benzene rings is 2. The van der Waals surface area contributed by atoms with Crippen molar-refractivity contribution in [3.05, 3.63) is 63.2 Å². The van der Waals surface area contributed by atoms with E-state index in [4.69, 9.17) is 16.3 Å². The standard InChI is InChI=1S/C15H15ClN2O5S/c1-10(11-3-5-12(16)6-4-11)17-24(21,22)15-9-13(18(19)20)7-8-14(15)23-2/h3-10,17H,1-2H3. The molecular formula is C15H15ClN2O5S. The molecule has 9 heteroatoms. The molecule has 128 valence electrons. The molecule has 0 aromatic heterocycles. The van der Waals surface area contributed by atoms with Gasteiger partial charge < -0.3 is 4.74 Å². The topological polar surface area (TPSA) is 98.5 Å². The Bertz CT molecular complexity index is 853. The van der Waals surface area contributed by atoms with E-state index < -0.39 is 21.0 Å². The predicted octanol–water partition coefficient (Wildman–Crippen LogP) is 3.30. The van der Waals surface area contributed by atoms with Gasteiger partial charge in [0.25, 0.3) is 5.69 Å². The zero-order chi connectivity index (χ0) is 17.9. The van der Waals surface area contributed by atoms with Crippen molar-refractivity contribution in [2.24, 2.45) is 0 Å². The number of nitro benzene ring substituents is 1. The Morgan fingerprint density at radius 3 is 2.38 bits per heavy atom. The van der Waals surface area contributed by atoms with Crippen molar-refractivity contribution >= 4 is 27.3 Å². The number of ether oxygens (including phenoxy) is 1. The fourth-order valence-electron chi connectivity index (χ4n) is 2.10. The molecule has 2 aromatic carbocycles. The van der Waals surface area contributed by atoms with Crippen LogP contribution in [-0.4, -0.2) is 20.5 Å². The maximum Gasteiger partial charge on any atom is 0.271 e. The molecule has 0 radical (unpaired) electrons. The number of nitrogens with zero attached hydrogens (tertiary/aromatic N) is 1. The van der Waals surface area contributed by atoms with Gasteiger partial charge in [0.2, 0.25) is 10.0 Å². The zero-order valence-corrected chi connectivity index (χ0v) is 14.5. The van der Waals surface area contributed by atoms with Crippen molar-refractivity contribution in [1.82, 2.24) is 4.72 Å². The average Bonchev–Trinajstić information content (AvgIpc) is 2.54. The Balaban J connectivity index is 2.37. The summed E-state index contributed by atoms with van der Waals surface area (Å²) in [5.41, 5.74) is 0.364. The second-order valence-corrected chi connectivity index (χ2v) is 7.11. The lowest BCUT2D eigenvalue weighted by molar-refractivity contribution is -0.385. The third-order valence-electron chi connectivity index (χ3n) is 3.35. The number of rotatable bonds is 6. The largest absolute Gasteiger partial charge is 0.495 e. The molecule has 0 saturated heterocycles. The molecule has 1 N–H and O–H groups in total. The van der Waals surface area contributed by atoms with Crippen molar-refractivity contribution in [3.8, 4) is 5.75 Å². The van der Waals surface area contributed by atoms with E-state index in [9.17, 15) is 18.5 Å². The molecule has 0 fully saturated rings. The fourth-order valence-corrected chi connectivity index (χ4v) is 3.65. The Labute approximate surface area is 144 Å². The lowest BCUT2D eigenvalue weighted by Crippen LogP contribution is -2.27. The van der Waals surface area contributed by atoms with Gasteiger partial charge in [0, 0.05) is 23.2 Å². The van der Waals surface area contributed by atoms with Crippen LogP contribution in [0.2, 0.25) is 5.02 Å². The fraction of sp³-hybridized carbons (Fsp3) is 0.200. The Hall–Kier alpha value is -2.16. The van der Waals surface area contributed by atoms with Gasteiger partial charge in [-0.1, -0.05) is 23.7 Å². The summed E-state index contributed by atoms with van der Waals surface area (Å²) in [6.07, 6.45) is 0. The van der Waals surface area contributed by atoms with Gasteiger partial charge in [-0.25, -0.2) is 13.1 Å². The first-order valence-corrected chi connectivity index (χ1v) is 8.71. The van der Waals surface area contributed by atoms with Gasteiger partial charge in [-0.3, -0.25) is 10.1 Å². The minimum absolute atomic E-state index is 0.0245. The van der Waals surface area contributed by atoms with Crippen molar-refractivity contribution < 1.29 is 18.1 Å². The van der Waals surface area contributed by atoms with E-state index in [0.29, 0.717) is 10.6 Å². The molecule has 0 aliphatic carbocycles. The maximum atomic E-state index is 12.6. The second-order valence-electron chi connectivity index (χ2n) is 4.99. The Morgan fingerprint density at radius 1 is 1.21 bits per heavy atom. The highest BCUT2D eigenvalue weighted by Gasteiger charge is 2.25. The van der Waals surface area contributed by atoms with E-state index in [-0.39, 0.29) is 16.3 Å². The van der Waals surface area contributed by atoms with E-state index in [2.05, 4.69) is 4.72 Å². The molecule has 0 bridgehead atoms. The molecule has 2 aromatic rings. The minimum atomic E-state index is -4.03. The van der Waals surface area contributed by atoms with Crippen LogP contribution in [0.1, 0.15) is 18.5 Å². The van der Waals surface area contributed by atoms with Crippen LogP contribution in [0.25, 0.3) is 0 Å². The second kappa shape index (κ2) is 7.16. The number of sulfonamides is 1. The third kappa shape index (κ3) is 4.02. The summed E-state index contributed by atoms with van der Waals surface area (Å²) >= 11 is 5.81. The van der Waals surface area contributed by atoms with E-state index in [1.54, 1.807) is 31.2 Å². The van der Waals surface area contributed by atoms with Crippen LogP contribution >= 0.6 is 11.6 Å². The summed E-state index contributed by atoms with van der Waals surface area (Å²) in [5.74, 6) is 0.0245. The SMILES string of the molecule is COc1ccc([N+](=O)[O-])cc1S(=O)(=O)NC(C)c1ccc(Cl)cc1. The molecule has 0 heterocycles. The van der Waals surface area contributed by atoms with Crippen molar-refractivity contribution in [1.29, 1.82) is 0 Å². The van der Waals surface area contributed by atoms with E-state index in [0.717, 1.165) is 6.07 Å². The first kappa shape index (κ1) is 18.2. The monoisotopic (exact) mass is 370 g/mol. The zero-order valence-electron chi connectivity index (χ0n) is 12.9. The van der Waals surface area contributed by atoms with Gasteiger partial charge in [0.05, 0.1) is 12.0 Å². The third-order valence-corrected chi connectivity index (χ3v) is 5.16. The molecule has 7 nitrogen and oxygen atoms in total.